The molecule has 72 valence electrons. The van der Waals surface area contributed by atoms with E-state index in [0.717, 1.165) is 18.4 Å². The van der Waals surface area contributed by atoms with Crippen molar-refractivity contribution in [1.29, 1.82) is 0 Å². The lowest BCUT2D eigenvalue weighted by Gasteiger charge is -2.08. The fourth-order valence-corrected chi connectivity index (χ4v) is 1.32. The average Bonchev–Trinajstić information content (AvgIpc) is 2.11. The SMILES string of the molecule is CCCc1c(Cl)ncnc1OCC. The van der Waals surface area contributed by atoms with Crippen LogP contribution >= 0.6 is 11.6 Å². The van der Waals surface area contributed by atoms with Crippen LogP contribution in [0, 0.1) is 0 Å². The van der Waals surface area contributed by atoms with Gasteiger partial charge in [0.15, 0.2) is 0 Å². The van der Waals surface area contributed by atoms with Crippen LogP contribution in [0.15, 0.2) is 6.33 Å². The Hall–Kier alpha value is -0.830. The molecule has 0 aliphatic carbocycles. The summed E-state index contributed by atoms with van der Waals surface area (Å²) >= 11 is 5.91. The fraction of sp³-hybridized carbons (Fsp3) is 0.556. The summed E-state index contributed by atoms with van der Waals surface area (Å²) in [5.74, 6) is 0.615. The molecule has 0 radical (unpaired) electrons. The maximum atomic E-state index is 5.91. The maximum Gasteiger partial charge on any atom is 0.221 e. The molecule has 0 fully saturated rings. The fourth-order valence-electron chi connectivity index (χ4n) is 1.10. The van der Waals surface area contributed by atoms with E-state index in [0.29, 0.717) is 17.6 Å². The summed E-state index contributed by atoms with van der Waals surface area (Å²) in [5, 5.41) is 0.500. The second kappa shape index (κ2) is 5.02. The van der Waals surface area contributed by atoms with Gasteiger partial charge in [0.25, 0.3) is 0 Å². The van der Waals surface area contributed by atoms with E-state index < -0.39 is 0 Å². The second-order valence-electron chi connectivity index (χ2n) is 2.63. The quantitative estimate of drug-likeness (QED) is 0.701. The Morgan fingerprint density at radius 2 is 2.15 bits per heavy atom. The first-order valence-electron chi connectivity index (χ1n) is 4.41. The van der Waals surface area contributed by atoms with Crippen LogP contribution in [0.2, 0.25) is 5.15 Å². The van der Waals surface area contributed by atoms with Gasteiger partial charge in [-0.2, -0.15) is 0 Å². The normalized spacial score (nSPS) is 10.1. The van der Waals surface area contributed by atoms with E-state index in [9.17, 15) is 0 Å². The highest BCUT2D eigenvalue weighted by Gasteiger charge is 2.08. The predicted molar refractivity (Wildman–Crippen MR) is 52.2 cm³/mol. The highest BCUT2D eigenvalue weighted by molar-refractivity contribution is 6.30. The van der Waals surface area contributed by atoms with E-state index >= 15 is 0 Å². The summed E-state index contributed by atoms with van der Waals surface area (Å²) in [6.07, 6.45) is 3.29. The largest absolute Gasteiger partial charge is 0.478 e. The summed E-state index contributed by atoms with van der Waals surface area (Å²) in [4.78, 5) is 7.95. The number of hydrogen-bond acceptors (Lipinski definition) is 3. The summed E-state index contributed by atoms with van der Waals surface area (Å²) in [5.41, 5.74) is 0.911. The third kappa shape index (κ3) is 2.56. The molecule has 0 saturated carbocycles. The first kappa shape index (κ1) is 10.3. The molecule has 0 aromatic carbocycles. The molecular formula is C9H13ClN2O. The molecule has 0 N–H and O–H groups in total. The number of ether oxygens (including phenoxy) is 1. The van der Waals surface area contributed by atoms with E-state index in [2.05, 4.69) is 16.9 Å². The minimum Gasteiger partial charge on any atom is -0.478 e. The first-order chi connectivity index (χ1) is 6.29. The minimum absolute atomic E-state index is 0.500. The molecule has 1 aromatic rings. The Balaban J connectivity index is 2.95. The Morgan fingerprint density at radius 1 is 1.38 bits per heavy atom. The molecule has 1 rings (SSSR count). The standard InChI is InChI=1S/C9H13ClN2O/c1-3-5-7-8(10)11-6-12-9(7)13-4-2/h6H,3-5H2,1-2H3. The van der Waals surface area contributed by atoms with Crippen molar-refractivity contribution in [1.82, 2.24) is 9.97 Å². The van der Waals surface area contributed by atoms with Crippen LogP contribution in [-0.2, 0) is 6.42 Å². The van der Waals surface area contributed by atoms with Gasteiger partial charge in [-0.25, -0.2) is 9.97 Å². The van der Waals surface area contributed by atoms with Crippen molar-refractivity contribution in [3.63, 3.8) is 0 Å². The van der Waals surface area contributed by atoms with Gasteiger partial charge in [-0.15, -0.1) is 0 Å². The van der Waals surface area contributed by atoms with E-state index in [1.807, 2.05) is 6.92 Å². The van der Waals surface area contributed by atoms with E-state index in [1.54, 1.807) is 0 Å². The number of nitrogens with zero attached hydrogens (tertiary/aromatic N) is 2. The van der Waals surface area contributed by atoms with E-state index in [1.165, 1.54) is 6.33 Å². The molecule has 0 spiro atoms. The smallest absolute Gasteiger partial charge is 0.221 e. The third-order valence-corrected chi connectivity index (χ3v) is 1.96. The highest BCUT2D eigenvalue weighted by Crippen LogP contribution is 2.22. The van der Waals surface area contributed by atoms with Crippen LogP contribution in [0.3, 0.4) is 0 Å². The van der Waals surface area contributed by atoms with Crippen LogP contribution in [0.5, 0.6) is 5.88 Å². The zero-order chi connectivity index (χ0) is 9.68. The van der Waals surface area contributed by atoms with Crippen molar-refractivity contribution in [3.8, 4) is 5.88 Å². The van der Waals surface area contributed by atoms with Crippen LogP contribution in [0.1, 0.15) is 25.8 Å². The summed E-state index contributed by atoms with van der Waals surface area (Å²) in [6.45, 7) is 4.61. The zero-order valence-electron chi connectivity index (χ0n) is 7.88. The Bertz CT molecular complexity index is 278. The van der Waals surface area contributed by atoms with Gasteiger partial charge in [0.1, 0.15) is 11.5 Å². The van der Waals surface area contributed by atoms with Gasteiger partial charge in [0.05, 0.1) is 12.2 Å². The van der Waals surface area contributed by atoms with Gasteiger partial charge >= 0.3 is 0 Å². The summed E-state index contributed by atoms with van der Waals surface area (Å²) < 4.78 is 5.33. The molecule has 4 heteroatoms. The van der Waals surface area contributed by atoms with Crippen molar-refractivity contribution < 1.29 is 4.74 Å². The number of rotatable bonds is 4. The third-order valence-electron chi connectivity index (χ3n) is 1.63. The average molecular weight is 201 g/mol. The molecule has 1 aromatic heterocycles. The predicted octanol–water partition coefficient (Wildman–Crippen LogP) is 2.48. The maximum absolute atomic E-state index is 5.91. The van der Waals surface area contributed by atoms with Crippen molar-refractivity contribution in [2.75, 3.05) is 6.61 Å². The summed E-state index contributed by atoms with van der Waals surface area (Å²) in [7, 11) is 0. The van der Waals surface area contributed by atoms with Crippen LogP contribution in [0.4, 0.5) is 0 Å². The number of hydrogen-bond donors (Lipinski definition) is 0. The molecule has 13 heavy (non-hydrogen) atoms. The molecule has 0 amide bonds. The number of aromatic nitrogens is 2. The molecule has 0 saturated heterocycles. The lowest BCUT2D eigenvalue weighted by molar-refractivity contribution is 0.322. The molecule has 0 bridgehead atoms. The molecular weight excluding hydrogens is 188 g/mol. The van der Waals surface area contributed by atoms with Gasteiger partial charge < -0.3 is 4.74 Å². The van der Waals surface area contributed by atoms with Gasteiger partial charge in [-0.3, -0.25) is 0 Å². The van der Waals surface area contributed by atoms with Crippen LogP contribution in [-0.4, -0.2) is 16.6 Å². The first-order valence-corrected chi connectivity index (χ1v) is 4.79. The lowest BCUT2D eigenvalue weighted by atomic mass is 10.2. The lowest BCUT2D eigenvalue weighted by Crippen LogP contribution is -2.01. The van der Waals surface area contributed by atoms with Gasteiger partial charge in [-0.05, 0) is 13.3 Å². The summed E-state index contributed by atoms with van der Waals surface area (Å²) in [6, 6.07) is 0. The minimum atomic E-state index is 0.500. The molecule has 0 unspecified atom stereocenters. The van der Waals surface area contributed by atoms with Gasteiger partial charge in [-0.1, -0.05) is 24.9 Å². The molecule has 0 atom stereocenters. The van der Waals surface area contributed by atoms with Crippen molar-refractivity contribution in [2.24, 2.45) is 0 Å². The topological polar surface area (TPSA) is 35.0 Å². The van der Waals surface area contributed by atoms with Crippen molar-refractivity contribution in [3.05, 3.63) is 17.0 Å². The Morgan fingerprint density at radius 3 is 2.77 bits per heavy atom. The van der Waals surface area contributed by atoms with Gasteiger partial charge in [0, 0.05) is 0 Å². The molecule has 1 heterocycles. The van der Waals surface area contributed by atoms with Crippen LogP contribution < -0.4 is 4.74 Å². The zero-order valence-corrected chi connectivity index (χ0v) is 8.64. The van der Waals surface area contributed by atoms with E-state index in [-0.39, 0.29) is 0 Å². The highest BCUT2D eigenvalue weighted by atomic mass is 35.5. The molecule has 3 nitrogen and oxygen atoms in total. The molecule has 0 aliphatic heterocycles. The van der Waals surface area contributed by atoms with Crippen molar-refractivity contribution in [2.45, 2.75) is 26.7 Å². The Kier molecular flexibility index (Phi) is 3.96. The molecule has 0 aliphatic rings. The Labute approximate surface area is 83.1 Å². The van der Waals surface area contributed by atoms with Crippen LogP contribution in [0.25, 0.3) is 0 Å². The van der Waals surface area contributed by atoms with Gasteiger partial charge in [0.2, 0.25) is 5.88 Å². The second-order valence-corrected chi connectivity index (χ2v) is 2.99. The van der Waals surface area contributed by atoms with Crippen molar-refractivity contribution >= 4 is 11.6 Å². The monoisotopic (exact) mass is 200 g/mol. The van der Waals surface area contributed by atoms with E-state index in [4.69, 9.17) is 16.3 Å². The number of halogens is 1.